The van der Waals surface area contributed by atoms with Crippen LogP contribution in [0.1, 0.15) is 13.8 Å². The molecule has 0 aromatic rings. The number of likely N-dealkylation sites (N-methyl/N-ethyl adjacent to an activating group) is 3. The van der Waals surface area contributed by atoms with Gasteiger partial charge in [-0.15, -0.1) is 0 Å². The second-order valence-electron chi connectivity index (χ2n) is 4.92. The molecule has 0 aromatic heterocycles. The van der Waals surface area contributed by atoms with Crippen LogP contribution in [0.15, 0.2) is 0 Å². The van der Waals surface area contributed by atoms with E-state index in [2.05, 4.69) is 40.9 Å². The zero-order valence-corrected chi connectivity index (χ0v) is 11.9. The number of hydrogen-bond acceptors (Lipinski definition) is 4. The Morgan fingerprint density at radius 2 is 1.24 bits per heavy atom. The third kappa shape index (κ3) is 6.36. The highest BCUT2D eigenvalue weighted by molar-refractivity contribution is 4.66. The molecule has 1 aliphatic rings. The second kappa shape index (κ2) is 8.86. The molecule has 0 spiro atoms. The van der Waals surface area contributed by atoms with Crippen LogP contribution in [0.2, 0.25) is 0 Å². The molecule has 0 aromatic carbocycles. The molecule has 1 fully saturated rings. The SMILES string of the molecule is CCN1CCNCCN(CC)CCN(C)CC1. The molecule has 0 atom stereocenters. The maximum atomic E-state index is 3.55. The quantitative estimate of drug-likeness (QED) is 0.745. The van der Waals surface area contributed by atoms with Gasteiger partial charge in [0.1, 0.15) is 0 Å². The van der Waals surface area contributed by atoms with Gasteiger partial charge in [0.15, 0.2) is 0 Å². The fourth-order valence-corrected chi connectivity index (χ4v) is 2.19. The lowest BCUT2D eigenvalue weighted by Crippen LogP contribution is -2.43. The van der Waals surface area contributed by atoms with Crippen molar-refractivity contribution in [2.24, 2.45) is 0 Å². The normalized spacial score (nSPS) is 24.2. The summed E-state index contributed by atoms with van der Waals surface area (Å²) < 4.78 is 0. The number of nitrogens with one attached hydrogen (secondary N) is 1. The molecular formula is C13H30N4. The summed E-state index contributed by atoms with van der Waals surface area (Å²) in [5.74, 6) is 0. The first-order valence-electron chi connectivity index (χ1n) is 7.10. The molecule has 1 saturated heterocycles. The van der Waals surface area contributed by atoms with Crippen molar-refractivity contribution in [3.05, 3.63) is 0 Å². The van der Waals surface area contributed by atoms with E-state index in [-0.39, 0.29) is 0 Å². The molecule has 0 amide bonds. The summed E-state index contributed by atoms with van der Waals surface area (Å²) in [6.45, 7) is 16.2. The third-order valence-corrected chi connectivity index (χ3v) is 3.70. The summed E-state index contributed by atoms with van der Waals surface area (Å²) in [5, 5.41) is 3.55. The van der Waals surface area contributed by atoms with Crippen LogP contribution >= 0.6 is 0 Å². The number of rotatable bonds is 2. The number of nitrogens with zero attached hydrogens (tertiary/aromatic N) is 3. The standard InChI is InChI=1S/C13H30N4/c1-4-16-8-6-14-7-9-17(5-2)13-11-15(3)10-12-16/h14H,4-13H2,1-3H3. The summed E-state index contributed by atoms with van der Waals surface area (Å²) in [7, 11) is 2.24. The van der Waals surface area contributed by atoms with E-state index in [1.165, 1.54) is 39.3 Å². The molecule has 1 heterocycles. The predicted octanol–water partition coefficient (Wildman–Crippen LogP) is 0.165. The highest BCUT2D eigenvalue weighted by Gasteiger charge is 2.08. The van der Waals surface area contributed by atoms with E-state index in [1.807, 2.05) is 0 Å². The van der Waals surface area contributed by atoms with Crippen LogP contribution in [-0.2, 0) is 0 Å². The van der Waals surface area contributed by atoms with Crippen molar-refractivity contribution in [3.63, 3.8) is 0 Å². The Morgan fingerprint density at radius 3 is 1.65 bits per heavy atom. The molecule has 0 aliphatic carbocycles. The predicted molar refractivity (Wildman–Crippen MR) is 74.6 cm³/mol. The second-order valence-corrected chi connectivity index (χ2v) is 4.92. The summed E-state index contributed by atoms with van der Waals surface area (Å²) in [5.41, 5.74) is 0. The molecule has 0 bridgehead atoms. The van der Waals surface area contributed by atoms with E-state index >= 15 is 0 Å². The zero-order valence-electron chi connectivity index (χ0n) is 11.9. The molecular weight excluding hydrogens is 212 g/mol. The average Bonchev–Trinajstić information content (AvgIpc) is 2.34. The first-order valence-corrected chi connectivity index (χ1v) is 7.10. The minimum atomic E-state index is 1.12. The first-order chi connectivity index (χ1) is 8.26. The smallest absolute Gasteiger partial charge is 0.0110 e. The minimum absolute atomic E-state index is 1.12. The van der Waals surface area contributed by atoms with Crippen molar-refractivity contribution in [3.8, 4) is 0 Å². The van der Waals surface area contributed by atoms with E-state index in [0.717, 1.165) is 26.2 Å². The van der Waals surface area contributed by atoms with Crippen molar-refractivity contribution in [2.45, 2.75) is 13.8 Å². The molecule has 1 N–H and O–H groups in total. The maximum Gasteiger partial charge on any atom is 0.0110 e. The topological polar surface area (TPSA) is 21.8 Å². The summed E-state index contributed by atoms with van der Waals surface area (Å²) in [6, 6.07) is 0. The van der Waals surface area contributed by atoms with Crippen LogP contribution in [0.5, 0.6) is 0 Å². The lowest BCUT2D eigenvalue weighted by Gasteiger charge is -2.28. The molecule has 0 radical (unpaired) electrons. The van der Waals surface area contributed by atoms with Crippen LogP contribution < -0.4 is 5.32 Å². The van der Waals surface area contributed by atoms with E-state index in [0.29, 0.717) is 0 Å². The fourth-order valence-electron chi connectivity index (χ4n) is 2.19. The third-order valence-electron chi connectivity index (χ3n) is 3.70. The van der Waals surface area contributed by atoms with E-state index in [4.69, 9.17) is 0 Å². The van der Waals surface area contributed by atoms with E-state index in [1.54, 1.807) is 0 Å². The Morgan fingerprint density at radius 1 is 0.765 bits per heavy atom. The molecule has 17 heavy (non-hydrogen) atoms. The fraction of sp³-hybridized carbons (Fsp3) is 1.00. The summed E-state index contributed by atoms with van der Waals surface area (Å²) >= 11 is 0. The van der Waals surface area contributed by atoms with Gasteiger partial charge in [-0.25, -0.2) is 0 Å². The average molecular weight is 242 g/mol. The van der Waals surface area contributed by atoms with Crippen LogP contribution in [-0.4, -0.2) is 87.2 Å². The van der Waals surface area contributed by atoms with E-state index in [9.17, 15) is 0 Å². The Kier molecular flexibility index (Phi) is 7.77. The van der Waals surface area contributed by atoms with Crippen LogP contribution in [0.4, 0.5) is 0 Å². The van der Waals surface area contributed by atoms with Gasteiger partial charge >= 0.3 is 0 Å². The molecule has 4 nitrogen and oxygen atoms in total. The highest BCUT2D eigenvalue weighted by Crippen LogP contribution is 1.94. The molecule has 0 saturated carbocycles. The summed E-state index contributed by atoms with van der Waals surface area (Å²) in [4.78, 5) is 7.52. The first kappa shape index (κ1) is 14.9. The van der Waals surface area contributed by atoms with Gasteiger partial charge in [0.25, 0.3) is 0 Å². The maximum absolute atomic E-state index is 3.55. The van der Waals surface area contributed by atoms with Crippen molar-refractivity contribution >= 4 is 0 Å². The monoisotopic (exact) mass is 242 g/mol. The molecule has 102 valence electrons. The zero-order chi connectivity index (χ0) is 12.5. The summed E-state index contributed by atoms with van der Waals surface area (Å²) in [6.07, 6.45) is 0. The van der Waals surface area contributed by atoms with Gasteiger partial charge < -0.3 is 20.0 Å². The molecule has 1 rings (SSSR count). The highest BCUT2D eigenvalue weighted by atomic mass is 15.2. The Labute approximate surface area is 107 Å². The molecule has 4 heteroatoms. The van der Waals surface area contributed by atoms with Crippen LogP contribution in [0.25, 0.3) is 0 Å². The van der Waals surface area contributed by atoms with Crippen molar-refractivity contribution in [2.75, 3.05) is 72.5 Å². The Hall–Kier alpha value is -0.160. The van der Waals surface area contributed by atoms with Crippen molar-refractivity contribution < 1.29 is 0 Å². The van der Waals surface area contributed by atoms with Gasteiger partial charge in [0.05, 0.1) is 0 Å². The number of hydrogen-bond donors (Lipinski definition) is 1. The van der Waals surface area contributed by atoms with E-state index < -0.39 is 0 Å². The lowest BCUT2D eigenvalue weighted by molar-refractivity contribution is 0.194. The van der Waals surface area contributed by atoms with Crippen LogP contribution in [0, 0.1) is 0 Å². The van der Waals surface area contributed by atoms with Gasteiger partial charge in [-0.3, -0.25) is 0 Å². The van der Waals surface area contributed by atoms with Gasteiger partial charge in [-0.1, -0.05) is 13.8 Å². The minimum Gasteiger partial charge on any atom is -0.314 e. The lowest BCUT2D eigenvalue weighted by atomic mass is 10.3. The molecule has 1 aliphatic heterocycles. The van der Waals surface area contributed by atoms with Gasteiger partial charge in [0, 0.05) is 52.4 Å². The van der Waals surface area contributed by atoms with Gasteiger partial charge in [0.2, 0.25) is 0 Å². The largest absolute Gasteiger partial charge is 0.314 e. The van der Waals surface area contributed by atoms with Gasteiger partial charge in [-0.2, -0.15) is 0 Å². The van der Waals surface area contributed by atoms with Crippen LogP contribution in [0.3, 0.4) is 0 Å². The Balaban J connectivity index is 2.38. The molecule has 0 unspecified atom stereocenters. The Bertz CT molecular complexity index is 168. The van der Waals surface area contributed by atoms with Gasteiger partial charge in [-0.05, 0) is 20.1 Å². The van der Waals surface area contributed by atoms with Crippen molar-refractivity contribution in [1.29, 1.82) is 0 Å². The van der Waals surface area contributed by atoms with Crippen molar-refractivity contribution in [1.82, 2.24) is 20.0 Å².